The van der Waals surface area contributed by atoms with E-state index in [4.69, 9.17) is 31.2 Å². The van der Waals surface area contributed by atoms with Crippen molar-refractivity contribution in [2.75, 3.05) is 19.6 Å². The molecule has 26 heavy (non-hydrogen) atoms. The molecule has 2 aliphatic heterocycles. The van der Waals surface area contributed by atoms with Crippen molar-refractivity contribution in [1.82, 2.24) is 10.2 Å². The van der Waals surface area contributed by atoms with Gasteiger partial charge in [0.2, 0.25) is 0 Å². The minimum Gasteiger partial charge on any atom is -0.414 e. The van der Waals surface area contributed by atoms with Gasteiger partial charge in [0, 0.05) is 19.7 Å². The van der Waals surface area contributed by atoms with Crippen LogP contribution in [0.2, 0.25) is 18.1 Å². The van der Waals surface area contributed by atoms with Gasteiger partial charge in [-0.2, -0.15) is 0 Å². The largest absolute Gasteiger partial charge is 0.414 e. The molecule has 0 aliphatic carbocycles. The number of nitrogens with zero attached hydrogens (tertiary/aromatic N) is 1. The van der Waals surface area contributed by atoms with Crippen LogP contribution in [0.3, 0.4) is 0 Å². The van der Waals surface area contributed by atoms with Crippen LogP contribution in [0.4, 0.5) is 4.79 Å². The van der Waals surface area contributed by atoms with E-state index < -0.39 is 26.3 Å². The minimum absolute atomic E-state index is 0.0761. The highest BCUT2D eigenvalue weighted by molar-refractivity contribution is 6.74. The lowest BCUT2D eigenvalue weighted by atomic mass is 10.00. The van der Waals surface area contributed by atoms with E-state index in [9.17, 15) is 4.79 Å². The molecule has 0 saturated carbocycles. The summed E-state index contributed by atoms with van der Waals surface area (Å²) < 4.78 is 18.3. The number of hydrogen-bond acceptors (Lipinski definition) is 5. The van der Waals surface area contributed by atoms with E-state index in [1.54, 1.807) is 19.4 Å². The second kappa shape index (κ2) is 7.77. The van der Waals surface area contributed by atoms with Gasteiger partial charge in [-0.1, -0.05) is 20.8 Å². The molecule has 7 nitrogen and oxygen atoms in total. The van der Waals surface area contributed by atoms with E-state index >= 15 is 0 Å². The summed E-state index contributed by atoms with van der Waals surface area (Å²) in [4.78, 5) is 13.7. The van der Waals surface area contributed by atoms with Crippen molar-refractivity contribution in [2.24, 2.45) is 5.73 Å². The van der Waals surface area contributed by atoms with Crippen LogP contribution in [-0.2, 0) is 13.9 Å². The summed E-state index contributed by atoms with van der Waals surface area (Å²) in [5.74, 6) is 0.218. The Balaban J connectivity index is 2.17. The number of hydrogen-bond donors (Lipinski definition) is 2. The van der Waals surface area contributed by atoms with Crippen molar-refractivity contribution in [3.63, 3.8) is 0 Å². The van der Waals surface area contributed by atoms with Gasteiger partial charge in [-0.25, -0.2) is 4.79 Å². The summed E-state index contributed by atoms with van der Waals surface area (Å²) in [7, 11) is -0.349. The molecule has 2 aliphatic rings. The quantitative estimate of drug-likeness (QED) is 0.524. The summed E-state index contributed by atoms with van der Waals surface area (Å²) in [6.45, 7) is 11.3. The number of rotatable bonds is 6. The number of carbonyl (C=O) groups excluding carboxylic acids is 1. The number of methoxy groups -OCH3 is 1. The molecule has 4 atom stereocenters. The predicted molar refractivity (Wildman–Crippen MR) is 104 cm³/mol. The van der Waals surface area contributed by atoms with Gasteiger partial charge in [-0.3, -0.25) is 4.90 Å². The summed E-state index contributed by atoms with van der Waals surface area (Å²) >= 11 is 6.32. The topological polar surface area (TPSA) is 86.1 Å². The van der Waals surface area contributed by atoms with Crippen LogP contribution in [0.15, 0.2) is 12.3 Å². The Bertz CT molecular complexity index is 555. The predicted octanol–water partition coefficient (Wildman–Crippen LogP) is 2.57. The number of halogens is 1. The molecule has 1 fully saturated rings. The molecule has 0 spiro atoms. The van der Waals surface area contributed by atoms with Gasteiger partial charge < -0.3 is 25.0 Å². The number of urea groups is 1. The maximum atomic E-state index is 12.2. The highest BCUT2D eigenvalue weighted by atomic mass is 35.5. The molecule has 150 valence electrons. The van der Waals surface area contributed by atoms with Crippen LogP contribution in [0.25, 0.3) is 0 Å². The molecule has 0 aromatic rings. The average Bonchev–Trinajstić information content (AvgIpc) is 2.91. The number of ether oxygens (including phenoxy) is 2. The number of nitrogens with two attached hydrogens (primary N) is 1. The lowest BCUT2D eigenvalue weighted by Crippen LogP contribution is -2.54. The molecule has 3 N–H and O–H groups in total. The fraction of sp³-hybridized carbons (Fsp3) is 0.824. The average molecular weight is 406 g/mol. The first-order valence-electron chi connectivity index (χ1n) is 8.89. The molecule has 0 bridgehead atoms. The third-order valence-electron chi connectivity index (χ3n) is 5.66. The van der Waals surface area contributed by atoms with Crippen LogP contribution in [0.5, 0.6) is 0 Å². The van der Waals surface area contributed by atoms with Crippen molar-refractivity contribution in [3.05, 3.63) is 12.3 Å². The van der Waals surface area contributed by atoms with Gasteiger partial charge in [0.15, 0.2) is 8.32 Å². The first-order chi connectivity index (χ1) is 12.0. The maximum absolute atomic E-state index is 12.2. The van der Waals surface area contributed by atoms with Gasteiger partial charge in [-0.15, -0.1) is 11.6 Å². The molecule has 1 unspecified atom stereocenters. The molecule has 9 heteroatoms. The highest BCUT2D eigenvalue weighted by Crippen LogP contribution is 2.41. The Morgan fingerprint density at radius 3 is 2.65 bits per heavy atom. The van der Waals surface area contributed by atoms with E-state index in [2.05, 4.69) is 39.2 Å². The molecular formula is C17H32ClN3O4Si. The van der Waals surface area contributed by atoms with Crippen molar-refractivity contribution in [1.29, 1.82) is 0 Å². The van der Waals surface area contributed by atoms with Crippen LogP contribution in [0, 0.1) is 0 Å². The fourth-order valence-corrected chi connectivity index (χ4v) is 4.17. The lowest BCUT2D eigenvalue weighted by Gasteiger charge is -2.40. The first kappa shape index (κ1) is 21.7. The van der Waals surface area contributed by atoms with Crippen molar-refractivity contribution in [3.8, 4) is 0 Å². The molecule has 1 saturated heterocycles. The van der Waals surface area contributed by atoms with E-state index in [0.29, 0.717) is 13.0 Å². The van der Waals surface area contributed by atoms with Crippen LogP contribution >= 0.6 is 11.6 Å². The van der Waals surface area contributed by atoms with E-state index in [-0.39, 0.29) is 23.1 Å². The lowest BCUT2D eigenvalue weighted by molar-refractivity contribution is -0.121. The molecule has 0 radical (unpaired) electrons. The minimum atomic E-state index is -1.98. The maximum Gasteiger partial charge on any atom is 0.325 e. The van der Waals surface area contributed by atoms with E-state index in [1.807, 2.05) is 0 Å². The van der Waals surface area contributed by atoms with Crippen LogP contribution < -0.4 is 11.1 Å². The van der Waals surface area contributed by atoms with Crippen molar-refractivity contribution >= 4 is 25.9 Å². The zero-order chi connectivity index (χ0) is 19.8. The molecule has 0 aromatic heterocycles. The normalized spacial score (nSPS) is 32.8. The Labute approximate surface area is 162 Å². The Morgan fingerprint density at radius 1 is 1.50 bits per heavy atom. The second-order valence-corrected chi connectivity index (χ2v) is 13.6. The number of alkyl halides is 1. The summed E-state index contributed by atoms with van der Waals surface area (Å²) in [6, 6.07) is -0.296. The van der Waals surface area contributed by atoms with Gasteiger partial charge in [0.25, 0.3) is 0 Å². The monoisotopic (exact) mass is 405 g/mol. The number of nitrogens with one attached hydrogen (secondary N) is 1. The zero-order valence-corrected chi connectivity index (χ0v) is 18.3. The Hall–Kier alpha value is -0.643. The third-order valence-corrected chi connectivity index (χ3v) is 10.6. The molecular weight excluding hydrogens is 374 g/mol. The molecule has 0 aromatic carbocycles. The van der Waals surface area contributed by atoms with Crippen molar-refractivity contribution in [2.45, 2.75) is 69.4 Å². The van der Waals surface area contributed by atoms with E-state index in [1.165, 1.54) is 4.90 Å². The second-order valence-electron chi connectivity index (χ2n) is 8.50. The van der Waals surface area contributed by atoms with Gasteiger partial charge in [0.1, 0.15) is 11.8 Å². The fourth-order valence-electron chi connectivity index (χ4n) is 2.82. The summed E-state index contributed by atoms with van der Waals surface area (Å²) in [5.41, 5.74) is 4.91. The van der Waals surface area contributed by atoms with Gasteiger partial charge in [-0.05, 0) is 24.2 Å². The highest BCUT2D eigenvalue weighted by Gasteiger charge is 2.53. The SMILES string of the molecule is CO[C@H]1C[C@H](N2C=CC(N)NC2=O)O[C@]1(CCl)CO[Si](C)(C)C(C)(C)C. The standard InChI is InChI=1S/C17H32ClN3O4Si/c1-16(2,3)26(5,6)24-11-17(10-18)12(23-4)9-14(25-17)21-8-7-13(19)20-15(21)22/h7-8,12-14H,9-11,19H2,1-6H3,(H,20,22)/t12-,13?,14+,17+/m0/s1. The summed E-state index contributed by atoms with van der Waals surface area (Å²) in [5, 5.41) is 2.74. The number of carbonyl (C=O) groups is 1. The van der Waals surface area contributed by atoms with Crippen LogP contribution in [-0.4, -0.2) is 62.9 Å². The molecule has 2 amide bonds. The molecule has 2 rings (SSSR count). The zero-order valence-electron chi connectivity index (χ0n) is 16.5. The van der Waals surface area contributed by atoms with E-state index in [0.717, 1.165) is 0 Å². The summed E-state index contributed by atoms with van der Waals surface area (Å²) in [6.07, 6.45) is 2.63. The van der Waals surface area contributed by atoms with Gasteiger partial charge in [0.05, 0.1) is 24.8 Å². The number of amides is 2. The van der Waals surface area contributed by atoms with Crippen LogP contribution in [0.1, 0.15) is 27.2 Å². The smallest absolute Gasteiger partial charge is 0.325 e. The Morgan fingerprint density at radius 2 is 2.15 bits per heavy atom. The third kappa shape index (κ3) is 4.26. The Kier molecular flexibility index (Phi) is 6.47. The van der Waals surface area contributed by atoms with Gasteiger partial charge >= 0.3 is 6.03 Å². The van der Waals surface area contributed by atoms with Crippen molar-refractivity contribution < 1.29 is 18.7 Å². The first-order valence-corrected chi connectivity index (χ1v) is 12.3. The molecule has 2 heterocycles.